The van der Waals surface area contributed by atoms with Gasteiger partial charge in [0.1, 0.15) is 5.56 Å². The van der Waals surface area contributed by atoms with Crippen LogP contribution in [-0.2, 0) is 25.9 Å². The van der Waals surface area contributed by atoms with Gasteiger partial charge in [0.25, 0.3) is 11.5 Å². The van der Waals surface area contributed by atoms with Crippen LogP contribution in [0.25, 0.3) is 0 Å². The summed E-state index contributed by atoms with van der Waals surface area (Å²) >= 11 is 0. The molecule has 29 heavy (non-hydrogen) atoms. The Kier molecular flexibility index (Phi) is 4.83. The monoisotopic (exact) mass is 398 g/mol. The molecule has 0 spiro atoms. The fraction of sp³-hybridized carbons (Fsp3) is 0.600. The lowest BCUT2D eigenvalue weighted by Crippen LogP contribution is -2.49. The third-order valence-corrected chi connectivity index (χ3v) is 6.09. The predicted molar refractivity (Wildman–Crippen MR) is 105 cm³/mol. The maximum absolute atomic E-state index is 12.9. The summed E-state index contributed by atoms with van der Waals surface area (Å²) in [6, 6.07) is 1.75. The minimum atomic E-state index is -0.00990. The fourth-order valence-corrected chi connectivity index (χ4v) is 4.40. The molecule has 5 rings (SSSR count). The van der Waals surface area contributed by atoms with Crippen molar-refractivity contribution < 1.29 is 9.53 Å². The molecule has 1 saturated heterocycles. The van der Waals surface area contributed by atoms with Crippen molar-refractivity contribution in [2.45, 2.75) is 38.8 Å². The molecule has 0 aromatic carbocycles. The highest BCUT2D eigenvalue weighted by molar-refractivity contribution is 5.96. The molecular weight excluding hydrogens is 372 g/mol. The fourth-order valence-electron chi connectivity index (χ4n) is 4.40. The van der Waals surface area contributed by atoms with Crippen LogP contribution >= 0.6 is 0 Å². The molecule has 0 saturated carbocycles. The van der Waals surface area contributed by atoms with Gasteiger partial charge in [-0.3, -0.25) is 14.5 Å². The molecule has 2 aromatic heterocycles. The van der Waals surface area contributed by atoms with Crippen molar-refractivity contribution in [2.24, 2.45) is 0 Å². The van der Waals surface area contributed by atoms with Crippen molar-refractivity contribution in [3.63, 3.8) is 0 Å². The largest absolute Gasteiger partial charge is 0.477 e. The number of rotatable bonds is 4. The molecule has 1 aliphatic carbocycles. The van der Waals surface area contributed by atoms with Gasteiger partial charge in [0.05, 0.1) is 25.0 Å². The van der Waals surface area contributed by atoms with Gasteiger partial charge in [-0.05, 0) is 24.8 Å². The van der Waals surface area contributed by atoms with E-state index in [0.717, 1.165) is 63.1 Å². The van der Waals surface area contributed by atoms with E-state index in [1.54, 1.807) is 21.6 Å². The summed E-state index contributed by atoms with van der Waals surface area (Å²) < 4.78 is 9.03. The molecule has 9 nitrogen and oxygen atoms in total. The molecule has 0 atom stereocenters. The van der Waals surface area contributed by atoms with Crippen LogP contribution in [0.5, 0.6) is 5.88 Å². The number of piperazine rings is 1. The quantitative estimate of drug-likeness (QED) is 0.730. The van der Waals surface area contributed by atoms with Crippen molar-refractivity contribution in [3.8, 4) is 5.88 Å². The van der Waals surface area contributed by atoms with Crippen molar-refractivity contribution >= 4 is 5.91 Å². The van der Waals surface area contributed by atoms with Crippen molar-refractivity contribution in [3.05, 3.63) is 39.4 Å². The van der Waals surface area contributed by atoms with Crippen molar-refractivity contribution in [1.29, 1.82) is 0 Å². The Morgan fingerprint density at radius 1 is 1.07 bits per heavy atom. The number of carbonyl (C=O) groups is 1. The maximum Gasteiger partial charge on any atom is 0.267 e. The van der Waals surface area contributed by atoms with E-state index in [1.165, 1.54) is 0 Å². The van der Waals surface area contributed by atoms with E-state index in [1.807, 2.05) is 4.90 Å². The van der Waals surface area contributed by atoms with Gasteiger partial charge >= 0.3 is 0 Å². The van der Waals surface area contributed by atoms with Gasteiger partial charge in [0.15, 0.2) is 0 Å². The topological polar surface area (TPSA) is 85.5 Å². The first kappa shape index (κ1) is 18.4. The first-order valence-corrected chi connectivity index (χ1v) is 10.5. The number of aromatic nitrogens is 4. The zero-order valence-corrected chi connectivity index (χ0v) is 16.5. The van der Waals surface area contributed by atoms with Gasteiger partial charge in [0.2, 0.25) is 5.88 Å². The summed E-state index contributed by atoms with van der Waals surface area (Å²) in [6.07, 6.45) is 5.58. The van der Waals surface area contributed by atoms with Crippen LogP contribution in [0, 0.1) is 0 Å². The Morgan fingerprint density at radius 2 is 1.93 bits per heavy atom. The second-order valence-electron chi connectivity index (χ2n) is 7.95. The molecule has 2 aromatic rings. The first-order chi connectivity index (χ1) is 14.2. The number of carbonyl (C=O) groups excluding carboxylic acids is 1. The second-order valence-corrected chi connectivity index (χ2v) is 7.95. The van der Waals surface area contributed by atoms with Crippen molar-refractivity contribution in [1.82, 2.24) is 29.4 Å². The van der Waals surface area contributed by atoms with Crippen LogP contribution in [0.15, 0.2) is 17.1 Å². The van der Waals surface area contributed by atoms with E-state index in [2.05, 4.69) is 15.1 Å². The standard InChI is InChI=1S/C20H26N6O3/c27-18-13-15-3-1-4-17(15)22-25(18)11-8-23-6-9-24(10-7-23)19(28)16-14-21-26-5-2-12-29-20(16)26/h13-14H,1-12H2. The summed E-state index contributed by atoms with van der Waals surface area (Å²) in [5, 5.41) is 8.82. The Labute approximate surface area is 168 Å². The molecule has 3 aliphatic rings. The molecule has 2 aliphatic heterocycles. The number of ether oxygens (including phenoxy) is 1. The molecule has 9 heteroatoms. The molecule has 0 radical (unpaired) electrons. The number of aryl methyl sites for hydroxylation is 3. The molecule has 154 valence electrons. The van der Waals surface area contributed by atoms with Gasteiger partial charge in [0, 0.05) is 51.8 Å². The lowest BCUT2D eigenvalue weighted by atomic mass is 10.2. The van der Waals surface area contributed by atoms with Gasteiger partial charge in [-0.15, -0.1) is 0 Å². The minimum absolute atomic E-state index is 0.00885. The summed E-state index contributed by atoms with van der Waals surface area (Å²) in [5.41, 5.74) is 2.74. The van der Waals surface area contributed by atoms with E-state index in [4.69, 9.17) is 4.74 Å². The average Bonchev–Trinajstić information content (AvgIpc) is 3.38. The number of hydrogen-bond acceptors (Lipinski definition) is 6. The molecule has 4 heterocycles. The number of hydrogen-bond donors (Lipinski definition) is 0. The molecule has 0 unspecified atom stereocenters. The maximum atomic E-state index is 12.9. The number of amides is 1. The Bertz CT molecular complexity index is 973. The highest BCUT2D eigenvalue weighted by atomic mass is 16.5. The SMILES string of the molecule is O=C(c1cnn2c1OCCC2)N1CCN(CCn2nc3c(cc2=O)CCC3)CC1. The van der Waals surface area contributed by atoms with Gasteiger partial charge in [-0.1, -0.05) is 0 Å². The van der Waals surface area contributed by atoms with Gasteiger partial charge in [-0.25, -0.2) is 9.36 Å². The average molecular weight is 398 g/mol. The molecule has 1 amide bonds. The van der Waals surface area contributed by atoms with Crippen LogP contribution in [0.4, 0.5) is 0 Å². The summed E-state index contributed by atoms with van der Waals surface area (Å²) in [5.74, 6) is 0.593. The Balaban J connectivity index is 1.17. The van der Waals surface area contributed by atoms with Crippen molar-refractivity contribution in [2.75, 3.05) is 39.3 Å². The second kappa shape index (κ2) is 7.62. The summed E-state index contributed by atoms with van der Waals surface area (Å²) in [6.45, 7) is 5.69. The number of nitrogens with zero attached hydrogens (tertiary/aromatic N) is 6. The van der Waals surface area contributed by atoms with Crippen LogP contribution in [-0.4, -0.2) is 74.6 Å². The lowest BCUT2D eigenvalue weighted by Gasteiger charge is -2.34. The number of fused-ring (bicyclic) bond motifs is 2. The smallest absolute Gasteiger partial charge is 0.267 e. The van der Waals surface area contributed by atoms with E-state index < -0.39 is 0 Å². The summed E-state index contributed by atoms with van der Waals surface area (Å²) in [7, 11) is 0. The molecule has 1 fully saturated rings. The highest BCUT2D eigenvalue weighted by Gasteiger charge is 2.28. The van der Waals surface area contributed by atoms with Crippen LogP contribution < -0.4 is 10.3 Å². The van der Waals surface area contributed by atoms with Crippen LogP contribution in [0.1, 0.15) is 34.5 Å². The zero-order chi connectivity index (χ0) is 19.8. The third-order valence-electron chi connectivity index (χ3n) is 6.09. The summed E-state index contributed by atoms with van der Waals surface area (Å²) in [4.78, 5) is 29.3. The first-order valence-electron chi connectivity index (χ1n) is 10.5. The van der Waals surface area contributed by atoms with Gasteiger partial charge in [-0.2, -0.15) is 10.2 Å². The third kappa shape index (κ3) is 3.55. The van der Waals surface area contributed by atoms with E-state index in [9.17, 15) is 9.59 Å². The van der Waals surface area contributed by atoms with Crippen LogP contribution in [0.2, 0.25) is 0 Å². The Morgan fingerprint density at radius 3 is 2.79 bits per heavy atom. The Hall–Kier alpha value is -2.68. The van der Waals surface area contributed by atoms with Crippen LogP contribution in [0.3, 0.4) is 0 Å². The normalized spacial score (nSPS) is 19.0. The highest BCUT2D eigenvalue weighted by Crippen LogP contribution is 2.24. The minimum Gasteiger partial charge on any atom is -0.477 e. The molecular formula is C20H26N6O3. The zero-order valence-electron chi connectivity index (χ0n) is 16.5. The predicted octanol–water partition coefficient (Wildman–Crippen LogP) is 0.169. The van der Waals surface area contributed by atoms with E-state index >= 15 is 0 Å². The molecule has 0 N–H and O–H groups in total. The molecule has 0 bridgehead atoms. The van der Waals surface area contributed by atoms with E-state index in [-0.39, 0.29) is 11.5 Å². The van der Waals surface area contributed by atoms with E-state index in [0.29, 0.717) is 37.7 Å². The lowest BCUT2D eigenvalue weighted by molar-refractivity contribution is 0.0625. The van der Waals surface area contributed by atoms with Gasteiger partial charge < -0.3 is 9.64 Å².